The van der Waals surface area contributed by atoms with Crippen LogP contribution in [0.2, 0.25) is 6.82 Å². The van der Waals surface area contributed by atoms with E-state index >= 15 is 0 Å². The number of nitrogens with zero attached hydrogens (tertiary/aromatic N) is 1. The van der Waals surface area contributed by atoms with Crippen molar-refractivity contribution in [2.75, 3.05) is 18.4 Å². The van der Waals surface area contributed by atoms with Crippen LogP contribution in [0.25, 0.3) is 5.57 Å². The van der Waals surface area contributed by atoms with Gasteiger partial charge in [0.25, 0.3) is 0 Å². The molecule has 1 saturated heterocycles. The Kier molecular flexibility index (Phi) is 2.72. The zero-order chi connectivity index (χ0) is 12.8. The van der Waals surface area contributed by atoms with E-state index in [2.05, 4.69) is 41.0 Å². The van der Waals surface area contributed by atoms with Crippen LogP contribution in [0.5, 0.6) is 0 Å². The first kappa shape index (κ1) is 11.8. The number of benzene rings is 1. The van der Waals surface area contributed by atoms with Gasteiger partial charge in [-0.15, -0.1) is 0 Å². The first-order chi connectivity index (χ1) is 8.62. The Balaban J connectivity index is 1.82. The Bertz CT molecular complexity index is 478. The van der Waals surface area contributed by atoms with E-state index in [9.17, 15) is 5.02 Å². The van der Waals surface area contributed by atoms with Crippen molar-refractivity contribution in [1.82, 2.24) is 4.81 Å². The molecule has 0 unspecified atom stereocenters. The van der Waals surface area contributed by atoms with Gasteiger partial charge in [-0.2, -0.15) is 0 Å². The number of fused-ring (bicyclic) bond motifs is 1. The lowest BCUT2D eigenvalue weighted by atomic mass is 9.76. The minimum atomic E-state index is -0.348. The summed E-state index contributed by atoms with van der Waals surface area (Å²) >= 11 is 0. The zero-order valence-corrected chi connectivity index (χ0v) is 10.8. The summed E-state index contributed by atoms with van der Waals surface area (Å²) in [4.78, 5) is 2.11. The van der Waals surface area contributed by atoms with Gasteiger partial charge in [0.1, 0.15) is 0 Å². The summed E-state index contributed by atoms with van der Waals surface area (Å²) < 4.78 is 0. The average Bonchev–Trinajstić information content (AvgIpc) is 2.64. The first-order valence-corrected chi connectivity index (χ1v) is 6.61. The molecule has 0 radical (unpaired) electrons. The van der Waals surface area contributed by atoms with Gasteiger partial charge in [-0.05, 0) is 44.4 Å². The molecule has 1 fully saturated rings. The second kappa shape index (κ2) is 4.14. The molecule has 18 heavy (non-hydrogen) atoms. The molecule has 0 amide bonds. The van der Waals surface area contributed by atoms with E-state index in [1.807, 2.05) is 6.82 Å². The van der Waals surface area contributed by atoms with Gasteiger partial charge in [0, 0.05) is 11.3 Å². The Morgan fingerprint density at radius 3 is 2.61 bits per heavy atom. The standard InChI is InChI=1S/C14H19BN2O/c1-11-12-5-3-4-6-13(12)16-14(11)7-9-17(10-8-14)15(2)18/h3-6,16,18H,1,7-10H2,2H3. The molecule has 0 bridgehead atoms. The Hall–Kier alpha value is -1.26. The summed E-state index contributed by atoms with van der Waals surface area (Å²) in [6, 6.07) is 8.38. The van der Waals surface area contributed by atoms with E-state index in [-0.39, 0.29) is 12.6 Å². The van der Waals surface area contributed by atoms with Gasteiger partial charge >= 0.3 is 7.05 Å². The fourth-order valence-corrected chi connectivity index (χ4v) is 3.15. The summed E-state index contributed by atoms with van der Waals surface area (Å²) in [5.41, 5.74) is 3.68. The van der Waals surface area contributed by atoms with Gasteiger partial charge in [-0.25, -0.2) is 0 Å². The molecule has 1 spiro atoms. The van der Waals surface area contributed by atoms with Crippen LogP contribution in [0.1, 0.15) is 18.4 Å². The summed E-state index contributed by atoms with van der Waals surface area (Å²) in [5.74, 6) is 0. The smallest absolute Gasteiger partial charge is 0.376 e. The first-order valence-electron chi connectivity index (χ1n) is 6.61. The molecule has 1 aromatic carbocycles. The van der Waals surface area contributed by atoms with Crippen LogP contribution in [0.3, 0.4) is 0 Å². The van der Waals surface area contributed by atoms with E-state index in [0.717, 1.165) is 25.9 Å². The van der Waals surface area contributed by atoms with Crippen LogP contribution < -0.4 is 5.32 Å². The van der Waals surface area contributed by atoms with Crippen molar-refractivity contribution in [1.29, 1.82) is 0 Å². The van der Waals surface area contributed by atoms with Crippen LogP contribution >= 0.6 is 0 Å². The van der Waals surface area contributed by atoms with Crippen molar-refractivity contribution < 1.29 is 5.02 Å². The maximum atomic E-state index is 9.63. The molecular weight excluding hydrogens is 223 g/mol. The third-order valence-corrected chi connectivity index (χ3v) is 4.38. The van der Waals surface area contributed by atoms with Crippen LogP contribution in [0.4, 0.5) is 5.69 Å². The number of piperidine rings is 1. The lowest BCUT2D eigenvalue weighted by molar-refractivity contribution is 0.271. The predicted octanol–water partition coefficient (Wildman–Crippen LogP) is 2.07. The highest BCUT2D eigenvalue weighted by atomic mass is 16.2. The van der Waals surface area contributed by atoms with Crippen molar-refractivity contribution in [2.24, 2.45) is 0 Å². The molecule has 94 valence electrons. The number of hydrogen-bond donors (Lipinski definition) is 2. The summed E-state index contributed by atoms with van der Waals surface area (Å²) in [6.45, 7) is 7.96. The van der Waals surface area contributed by atoms with E-state index in [1.54, 1.807) is 0 Å². The van der Waals surface area contributed by atoms with Crippen LogP contribution in [-0.4, -0.2) is 35.5 Å². The lowest BCUT2D eigenvalue weighted by Gasteiger charge is -2.41. The Labute approximate surface area is 109 Å². The summed E-state index contributed by atoms with van der Waals surface area (Å²) in [6.07, 6.45) is 2.01. The number of para-hydroxylation sites is 1. The van der Waals surface area contributed by atoms with E-state index < -0.39 is 0 Å². The van der Waals surface area contributed by atoms with E-state index in [4.69, 9.17) is 0 Å². The third kappa shape index (κ3) is 1.68. The van der Waals surface area contributed by atoms with Crippen molar-refractivity contribution in [3.63, 3.8) is 0 Å². The molecule has 2 heterocycles. The van der Waals surface area contributed by atoms with E-state index in [0.29, 0.717) is 0 Å². The van der Waals surface area contributed by atoms with Gasteiger partial charge in [-0.1, -0.05) is 24.8 Å². The number of nitrogens with one attached hydrogen (secondary N) is 1. The molecule has 2 aliphatic rings. The van der Waals surface area contributed by atoms with Gasteiger partial charge in [0.2, 0.25) is 0 Å². The van der Waals surface area contributed by atoms with Gasteiger partial charge in [0.05, 0.1) is 5.54 Å². The third-order valence-electron chi connectivity index (χ3n) is 4.38. The minimum Gasteiger partial charge on any atom is -0.437 e. The monoisotopic (exact) mass is 242 g/mol. The zero-order valence-electron chi connectivity index (χ0n) is 10.8. The number of rotatable bonds is 1. The van der Waals surface area contributed by atoms with Crippen molar-refractivity contribution >= 4 is 18.3 Å². The fourth-order valence-electron chi connectivity index (χ4n) is 3.15. The molecular formula is C14H19BN2O. The van der Waals surface area contributed by atoms with Crippen molar-refractivity contribution in [3.05, 3.63) is 36.4 Å². The molecule has 2 aliphatic heterocycles. The average molecular weight is 242 g/mol. The Morgan fingerprint density at radius 2 is 2.00 bits per heavy atom. The molecule has 1 aromatic rings. The fraction of sp³-hybridized carbons (Fsp3) is 0.429. The molecule has 4 heteroatoms. The maximum Gasteiger partial charge on any atom is 0.376 e. The number of anilines is 1. The number of hydrogen-bond acceptors (Lipinski definition) is 3. The quantitative estimate of drug-likeness (QED) is 0.740. The molecule has 0 aromatic heterocycles. The predicted molar refractivity (Wildman–Crippen MR) is 76.5 cm³/mol. The van der Waals surface area contributed by atoms with Crippen molar-refractivity contribution in [2.45, 2.75) is 25.2 Å². The van der Waals surface area contributed by atoms with Crippen molar-refractivity contribution in [3.8, 4) is 0 Å². The molecule has 2 N–H and O–H groups in total. The summed E-state index contributed by atoms with van der Waals surface area (Å²) in [7, 11) is -0.348. The molecule has 0 aliphatic carbocycles. The maximum absolute atomic E-state index is 9.63. The lowest BCUT2D eigenvalue weighted by Crippen LogP contribution is -2.51. The van der Waals surface area contributed by atoms with Crippen LogP contribution in [-0.2, 0) is 0 Å². The molecule has 0 saturated carbocycles. The van der Waals surface area contributed by atoms with Crippen LogP contribution in [0.15, 0.2) is 30.8 Å². The second-order valence-corrected chi connectivity index (χ2v) is 5.40. The van der Waals surface area contributed by atoms with Gasteiger partial charge in [0.15, 0.2) is 0 Å². The van der Waals surface area contributed by atoms with Crippen LogP contribution in [0, 0.1) is 0 Å². The SMILES string of the molecule is C=C1c2ccccc2NC12CCN(B(C)O)CC2. The highest BCUT2D eigenvalue weighted by Crippen LogP contribution is 2.46. The Morgan fingerprint density at radius 1 is 1.33 bits per heavy atom. The van der Waals surface area contributed by atoms with Gasteiger partial charge < -0.3 is 15.2 Å². The highest BCUT2D eigenvalue weighted by Gasteiger charge is 2.43. The van der Waals surface area contributed by atoms with E-state index in [1.165, 1.54) is 16.8 Å². The highest BCUT2D eigenvalue weighted by molar-refractivity contribution is 6.45. The molecule has 3 nitrogen and oxygen atoms in total. The van der Waals surface area contributed by atoms with Gasteiger partial charge in [-0.3, -0.25) is 0 Å². The summed E-state index contributed by atoms with van der Waals surface area (Å²) in [5, 5.41) is 13.3. The molecule has 3 rings (SSSR count). The topological polar surface area (TPSA) is 35.5 Å². The minimum absolute atomic E-state index is 0.00900. The largest absolute Gasteiger partial charge is 0.437 e. The normalized spacial score (nSPS) is 21.8. The molecule has 0 atom stereocenters. The second-order valence-electron chi connectivity index (χ2n) is 5.40.